The third-order valence-electron chi connectivity index (χ3n) is 3.16. The van der Waals surface area contributed by atoms with Crippen LogP contribution in [0.4, 0.5) is 0 Å². The van der Waals surface area contributed by atoms with Crippen molar-refractivity contribution < 1.29 is 7.48 Å². The van der Waals surface area contributed by atoms with Crippen LogP contribution in [-0.2, 0) is 4.74 Å². The predicted molar refractivity (Wildman–Crippen MR) is 84.0 cm³/mol. The van der Waals surface area contributed by atoms with Crippen molar-refractivity contribution >= 4 is 0 Å². The lowest BCUT2D eigenvalue weighted by Crippen LogP contribution is -2.20. The lowest BCUT2D eigenvalue weighted by Gasteiger charge is -2.22. The molecule has 0 aliphatic rings. The molecule has 2 aromatic carbocycles. The van der Waals surface area contributed by atoms with Gasteiger partial charge in [-0.25, -0.2) is 0 Å². The maximum absolute atomic E-state index is 8.16. The number of ether oxygens (including phenoxy) is 1. The van der Waals surface area contributed by atoms with E-state index in [4.69, 9.17) is 7.48 Å². The summed E-state index contributed by atoms with van der Waals surface area (Å²) in [4.78, 5) is 1.79. The number of nitrogens with zero attached hydrogens (tertiary/aromatic N) is 1. The van der Waals surface area contributed by atoms with Crippen LogP contribution >= 0.6 is 0 Å². The second-order valence-corrected chi connectivity index (χ2v) is 5.15. The van der Waals surface area contributed by atoms with Gasteiger partial charge in [0.25, 0.3) is 0 Å². The summed E-state index contributed by atoms with van der Waals surface area (Å²) in [5.41, 5.74) is 3.05. The highest BCUT2D eigenvalue weighted by molar-refractivity contribution is 5.35. The predicted octanol–water partition coefficient (Wildman–Crippen LogP) is 3.66. The standard InChI is InChI=1S/C18H23NO/c1-15-9-7-8-12-17(15)18(20-14-13-19(2)3)16-10-5-4-6-11-16/h4-12,18H,13-14H2,1-3H3/i14D2. The quantitative estimate of drug-likeness (QED) is 0.795. The average Bonchev–Trinajstić information content (AvgIpc) is 2.45. The Balaban J connectivity index is 2.37. The van der Waals surface area contributed by atoms with Gasteiger partial charge < -0.3 is 9.64 Å². The van der Waals surface area contributed by atoms with Crippen molar-refractivity contribution in [3.63, 3.8) is 0 Å². The Bertz CT molecular complexity index is 599. The summed E-state index contributed by atoms with van der Waals surface area (Å²) in [7, 11) is 3.68. The van der Waals surface area contributed by atoms with Gasteiger partial charge in [-0.15, -0.1) is 0 Å². The highest BCUT2D eigenvalue weighted by Gasteiger charge is 2.16. The fraction of sp³-hybridized carbons (Fsp3) is 0.333. The number of benzene rings is 2. The average molecular weight is 271 g/mol. The number of hydrogen-bond acceptors (Lipinski definition) is 2. The number of likely N-dealkylation sites (N-methyl/N-ethyl adjacent to an activating group) is 1. The van der Waals surface area contributed by atoms with E-state index in [1.807, 2.05) is 75.6 Å². The number of hydrogen-bond donors (Lipinski definition) is 0. The minimum atomic E-state index is -1.73. The number of rotatable bonds is 6. The molecule has 0 saturated carbocycles. The van der Waals surface area contributed by atoms with Gasteiger partial charge in [-0.2, -0.15) is 0 Å². The molecule has 1 unspecified atom stereocenters. The van der Waals surface area contributed by atoms with E-state index in [1.165, 1.54) is 0 Å². The number of aryl methyl sites for hydroxylation is 1. The van der Waals surface area contributed by atoms with Crippen LogP contribution in [-0.4, -0.2) is 32.1 Å². The minimum absolute atomic E-state index is 0.211. The fourth-order valence-electron chi connectivity index (χ4n) is 2.07. The van der Waals surface area contributed by atoms with Gasteiger partial charge in [0.05, 0.1) is 9.30 Å². The first-order valence-electron chi connectivity index (χ1n) is 7.82. The highest BCUT2D eigenvalue weighted by Crippen LogP contribution is 2.28. The SMILES string of the molecule is [2H]C([2H])(CN(C)C)OC(c1ccccc1)c1ccccc1C. The van der Waals surface area contributed by atoms with E-state index < -0.39 is 12.7 Å². The fourth-order valence-corrected chi connectivity index (χ4v) is 2.07. The van der Waals surface area contributed by atoms with E-state index >= 15 is 0 Å². The Morgan fingerprint density at radius 3 is 2.35 bits per heavy atom. The second-order valence-electron chi connectivity index (χ2n) is 5.15. The third kappa shape index (κ3) is 3.92. The van der Waals surface area contributed by atoms with E-state index in [9.17, 15) is 0 Å². The lowest BCUT2D eigenvalue weighted by molar-refractivity contribution is 0.0683. The van der Waals surface area contributed by atoms with Crippen LogP contribution in [0, 0.1) is 6.92 Å². The summed E-state index contributed by atoms with van der Waals surface area (Å²) in [5.74, 6) is 0. The monoisotopic (exact) mass is 271 g/mol. The molecule has 0 aromatic heterocycles. The molecule has 0 amide bonds. The molecule has 2 heteroatoms. The van der Waals surface area contributed by atoms with Gasteiger partial charge in [0, 0.05) is 6.54 Å². The zero-order valence-corrected chi connectivity index (χ0v) is 12.3. The Labute approximate surface area is 124 Å². The molecule has 2 rings (SSSR count). The molecular formula is C18H23NO. The topological polar surface area (TPSA) is 12.5 Å². The van der Waals surface area contributed by atoms with Crippen LogP contribution in [0.3, 0.4) is 0 Å². The molecule has 106 valence electrons. The third-order valence-corrected chi connectivity index (χ3v) is 3.16. The van der Waals surface area contributed by atoms with E-state index in [0.717, 1.165) is 16.7 Å². The molecule has 0 heterocycles. The Morgan fingerprint density at radius 1 is 1.05 bits per heavy atom. The molecule has 0 bridgehead atoms. The lowest BCUT2D eigenvalue weighted by atomic mass is 9.97. The Hall–Kier alpha value is -1.64. The molecule has 0 aliphatic heterocycles. The van der Waals surface area contributed by atoms with Crippen molar-refractivity contribution in [3.8, 4) is 0 Å². The second kappa shape index (κ2) is 7.22. The maximum Gasteiger partial charge on any atom is 0.108 e. The summed E-state index contributed by atoms with van der Waals surface area (Å²) < 4.78 is 22.2. The van der Waals surface area contributed by atoms with Crippen molar-refractivity contribution in [2.45, 2.75) is 13.0 Å². The highest BCUT2D eigenvalue weighted by atomic mass is 16.5. The van der Waals surface area contributed by atoms with Crippen molar-refractivity contribution in [2.75, 3.05) is 27.2 Å². The summed E-state index contributed by atoms with van der Waals surface area (Å²) >= 11 is 0. The van der Waals surface area contributed by atoms with Gasteiger partial charge in [0.1, 0.15) is 6.10 Å². The van der Waals surface area contributed by atoms with Crippen molar-refractivity contribution in [2.24, 2.45) is 0 Å². The molecule has 0 N–H and O–H groups in total. The van der Waals surface area contributed by atoms with E-state index in [1.54, 1.807) is 4.90 Å². The summed E-state index contributed by atoms with van der Waals surface area (Å²) in [5, 5.41) is 0. The summed E-state index contributed by atoms with van der Waals surface area (Å²) in [6, 6.07) is 17.8. The van der Waals surface area contributed by atoms with Crippen molar-refractivity contribution in [1.82, 2.24) is 4.90 Å². The molecule has 20 heavy (non-hydrogen) atoms. The smallest absolute Gasteiger partial charge is 0.108 e. The van der Waals surface area contributed by atoms with Gasteiger partial charge >= 0.3 is 0 Å². The van der Waals surface area contributed by atoms with Gasteiger partial charge in [0.2, 0.25) is 0 Å². The minimum Gasteiger partial charge on any atom is -0.367 e. The maximum atomic E-state index is 8.16. The zero-order valence-electron chi connectivity index (χ0n) is 14.3. The molecule has 2 aromatic rings. The molecule has 1 atom stereocenters. The van der Waals surface area contributed by atoms with E-state index in [0.29, 0.717) is 0 Å². The molecule has 2 nitrogen and oxygen atoms in total. The Kier molecular flexibility index (Phi) is 4.38. The van der Waals surface area contributed by atoms with Crippen LogP contribution in [0.15, 0.2) is 54.6 Å². The van der Waals surface area contributed by atoms with Gasteiger partial charge in [-0.05, 0) is 37.7 Å². The Morgan fingerprint density at radius 2 is 1.70 bits per heavy atom. The summed E-state index contributed by atoms with van der Waals surface area (Å²) in [6.45, 7) is 0.505. The van der Waals surface area contributed by atoms with Crippen molar-refractivity contribution in [3.05, 3.63) is 71.3 Å². The zero-order chi connectivity index (χ0) is 16.2. The normalized spacial score (nSPS) is 14.8. The largest absolute Gasteiger partial charge is 0.367 e. The van der Waals surface area contributed by atoms with Crippen LogP contribution in [0.25, 0.3) is 0 Å². The first kappa shape index (κ1) is 12.1. The van der Waals surface area contributed by atoms with Crippen molar-refractivity contribution in [1.29, 1.82) is 0 Å². The van der Waals surface area contributed by atoms with Crippen LogP contribution in [0.2, 0.25) is 0 Å². The van der Waals surface area contributed by atoms with Gasteiger partial charge in [0.15, 0.2) is 0 Å². The first-order chi connectivity index (χ1) is 10.4. The van der Waals surface area contributed by atoms with E-state index in [2.05, 4.69) is 0 Å². The summed E-state index contributed by atoms with van der Waals surface area (Å²) in [6.07, 6.45) is -0.419. The molecule has 0 saturated heterocycles. The molecular weight excluding hydrogens is 246 g/mol. The van der Waals surface area contributed by atoms with Crippen LogP contribution in [0.5, 0.6) is 0 Å². The molecule has 0 aliphatic carbocycles. The van der Waals surface area contributed by atoms with Gasteiger partial charge in [-0.1, -0.05) is 54.6 Å². The molecule has 0 fully saturated rings. The molecule has 0 spiro atoms. The molecule has 0 radical (unpaired) electrons. The van der Waals surface area contributed by atoms with Crippen LogP contribution in [0.1, 0.15) is 25.5 Å². The first-order valence-corrected chi connectivity index (χ1v) is 6.82. The van der Waals surface area contributed by atoms with Crippen LogP contribution < -0.4 is 0 Å². The van der Waals surface area contributed by atoms with Gasteiger partial charge in [-0.3, -0.25) is 0 Å². The van der Waals surface area contributed by atoms with E-state index in [-0.39, 0.29) is 6.54 Å².